The maximum absolute atomic E-state index is 13.3. The van der Waals surface area contributed by atoms with Gasteiger partial charge >= 0.3 is 0 Å². The van der Waals surface area contributed by atoms with Crippen LogP contribution in [-0.4, -0.2) is 27.8 Å². The Kier molecular flexibility index (Phi) is 7.50. The van der Waals surface area contributed by atoms with Crippen molar-refractivity contribution in [1.29, 1.82) is 0 Å². The molecule has 1 aromatic heterocycles. The van der Waals surface area contributed by atoms with E-state index in [0.29, 0.717) is 35.0 Å². The molecule has 198 valence electrons. The number of Topliss-reactive ketones (excluding diaryl/α,β-unsaturated/α-hetero) is 1. The number of furan rings is 1. The van der Waals surface area contributed by atoms with E-state index in [1.165, 1.54) is 11.2 Å². The van der Waals surface area contributed by atoms with Crippen LogP contribution in [0.15, 0.2) is 107 Å². The number of likely N-dealkylation sites (tertiary alicyclic amines) is 1. The second-order valence-corrected chi connectivity index (χ2v) is 9.54. The van der Waals surface area contributed by atoms with Crippen molar-refractivity contribution >= 4 is 17.4 Å². The molecule has 3 aromatic carbocycles. The first kappa shape index (κ1) is 25.9. The van der Waals surface area contributed by atoms with Crippen molar-refractivity contribution in [3.05, 3.63) is 125 Å². The van der Waals surface area contributed by atoms with E-state index in [1.807, 2.05) is 44.2 Å². The number of carbonyl (C=O) groups is 2. The second-order valence-electron chi connectivity index (χ2n) is 9.54. The lowest BCUT2D eigenvalue weighted by Crippen LogP contribution is -2.29. The van der Waals surface area contributed by atoms with E-state index in [4.69, 9.17) is 13.9 Å². The molecule has 1 fully saturated rings. The SMILES string of the molecule is CC(C)Oc1ccc(/C(O)=C2/C(=O)C(=O)N(Cc3ccco3)C2c2ccc(OCc3ccccc3)cc2)cc1. The van der Waals surface area contributed by atoms with Gasteiger partial charge in [0.1, 0.15) is 29.6 Å². The van der Waals surface area contributed by atoms with Gasteiger partial charge in [-0.2, -0.15) is 0 Å². The van der Waals surface area contributed by atoms with Gasteiger partial charge in [-0.25, -0.2) is 0 Å². The first-order valence-electron chi connectivity index (χ1n) is 12.8. The molecule has 39 heavy (non-hydrogen) atoms. The third-order valence-corrected chi connectivity index (χ3v) is 6.39. The molecule has 1 aliphatic heterocycles. The van der Waals surface area contributed by atoms with Gasteiger partial charge in [0.25, 0.3) is 11.7 Å². The molecule has 1 unspecified atom stereocenters. The number of aliphatic hydroxyl groups excluding tert-OH is 1. The molecule has 7 heteroatoms. The molecule has 2 heterocycles. The van der Waals surface area contributed by atoms with Crippen LogP contribution < -0.4 is 9.47 Å². The summed E-state index contributed by atoms with van der Waals surface area (Å²) in [5, 5.41) is 11.3. The van der Waals surface area contributed by atoms with Crippen LogP contribution in [0.2, 0.25) is 0 Å². The van der Waals surface area contributed by atoms with E-state index in [-0.39, 0.29) is 24.0 Å². The normalized spacial score (nSPS) is 16.6. The lowest BCUT2D eigenvalue weighted by atomic mass is 9.95. The van der Waals surface area contributed by atoms with Gasteiger partial charge < -0.3 is 23.9 Å². The maximum Gasteiger partial charge on any atom is 0.296 e. The standard InChI is InChI=1S/C32H29NO6/c1-21(2)39-26-16-12-24(13-17-26)30(34)28-29(33(32(36)31(28)35)19-27-9-6-18-37-27)23-10-14-25(15-11-23)38-20-22-7-4-3-5-8-22/h3-18,21,29,34H,19-20H2,1-2H3/b30-28-. The third kappa shape index (κ3) is 5.72. The summed E-state index contributed by atoms with van der Waals surface area (Å²) in [6.45, 7) is 4.33. The average Bonchev–Trinajstić information content (AvgIpc) is 3.55. The quantitative estimate of drug-likeness (QED) is 0.158. The maximum atomic E-state index is 13.3. The van der Waals surface area contributed by atoms with Crippen LogP contribution in [0.1, 0.15) is 42.3 Å². The first-order chi connectivity index (χ1) is 18.9. The van der Waals surface area contributed by atoms with Gasteiger partial charge in [0.05, 0.1) is 30.5 Å². The highest BCUT2D eigenvalue weighted by Crippen LogP contribution is 2.41. The number of ketones is 1. The van der Waals surface area contributed by atoms with Crippen molar-refractivity contribution in [3.8, 4) is 11.5 Å². The van der Waals surface area contributed by atoms with Gasteiger partial charge in [0.15, 0.2) is 0 Å². The number of carbonyl (C=O) groups excluding carboxylic acids is 2. The van der Waals surface area contributed by atoms with Crippen molar-refractivity contribution in [1.82, 2.24) is 4.90 Å². The minimum absolute atomic E-state index is 0.00369. The summed E-state index contributed by atoms with van der Waals surface area (Å²) in [6, 6.07) is 26.5. The Balaban J connectivity index is 1.48. The molecule has 1 amide bonds. The predicted octanol–water partition coefficient (Wildman–Crippen LogP) is 6.27. The summed E-state index contributed by atoms with van der Waals surface area (Å²) in [5.74, 6) is 0.104. The van der Waals surface area contributed by atoms with Crippen LogP contribution >= 0.6 is 0 Å². The highest BCUT2D eigenvalue weighted by Gasteiger charge is 2.46. The predicted molar refractivity (Wildman–Crippen MR) is 146 cm³/mol. The van der Waals surface area contributed by atoms with Crippen LogP contribution in [-0.2, 0) is 22.7 Å². The van der Waals surface area contributed by atoms with Crippen LogP contribution in [0.3, 0.4) is 0 Å². The molecule has 0 bridgehead atoms. The van der Waals surface area contributed by atoms with E-state index in [2.05, 4.69) is 0 Å². The fourth-order valence-electron chi connectivity index (χ4n) is 4.57. The van der Waals surface area contributed by atoms with Gasteiger partial charge in [0, 0.05) is 5.56 Å². The van der Waals surface area contributed by atoms with E-state index < -0.39 is 17.7 Å². The van der Waals surface area contributed by atoms with Crippen LogP contribution in [0.4, 0.5) is 0 Å². The summed E-state index contributed by atoms with van der Waals surface area (Å²) in [7, 11) is 0. The number of aliphatic hydroxyl groups is 1. The molecular formula is C32H29NO6. The molecule has 1 atom stereocenters. The fourth-order valence-corrected chi connectivity index (χ4v) is 4.57. The van der Waals surface area contributed by atoms with Gasteiger partial charge in [0.2, 0.25) is 0 Å². The molecule has 1 aliphatic rings. The van der Waals surface area contributed by atoms with Crippen LogP contribution in [0.25, 0.3) is 5.76 Å². The van der Waals surface area contributed by atoms with Crippen molar-refractivity contribution in [2.75, 3.05) is 0 Å². The number of rotatable bonds is 9. The largest absolute Gasteiger partial charge is 0.507 e. The molecule has 0 radical (unpaired) electrons. The summed E-state index contributed by atoms with van der Waals surface area (Å²) in [4.78, 5) is 27.9. The Morgan fingerprint density at radius 1 is 0.897 bits per heavy atom. The van der Waals surface area contributed by atoms with Crippen LogP contribution in [0, 0.1) is 0 Å². The molecule has 0 aliphatic carbocycles. The summed E-state index contributed by atoms with van der Waals surface area (Å²) >= 11 is 0. The van der Waals surface area contributed by atoms with Crippen LogP contribution in [0.5, 0.6) is 11.5 Å². The second kappa shape index (κ2) is 11.3. The van der Waals surface area contributed by atoms with E-state index in [0.717, 1.165) is 5.56 Å². The Hall–Kier alpha value is -4.78. The lowest BCUT2D eigenvalue weighted by molar-refractivity contribution is -0.140. The first-order valence-corrected chi connectivity index (χ1v) is 12.8. The number of ether oxygens (including phenoxy) is 2. The molecular weight excluding hydrogens is 494 g/mol. The van der Waals surface area contributed by atoms with Gasteiger partial charge in [-0.3, -0.25) is 9.59 Å². The van der Waals surface area contributed by atoms with Crippen molar-refractivity contribution in [2.24, 2.45) is 0 Å². The summed E-state index contributed by atoms with van der Waals surface area (Å²) in [6.07, 6.45) is 1.51. The molecule has 4 aromatic rings. The Bertz CT molecular complexity index is 1460. The van der Waals surface area contributed by atoms with E-state index in [1.54, 1.807) is 60.7 Å². The van der Waals surface area contributed by atoms with Gasteiger partial charge in [-0.15, -0.1) is 0 Å². The molecule has 5 rings (SSSR count). The molecule has 1 N–H and O–H groups in total. The summed E-state index contributed by atoms with van der Waals surface area (Å²) < 4.78 is 17.1. The molecule has 0 saturated carbocycles. The van der Waals surface area contributed by atoms with Crippen molar-refractivity contribution < 1.29 is 28.6 Å². The van der Waals surface area contributed by atoms with Crippen molar-refractivity contribution in [2.45, 2.75) is 39.1 Å². The van der Waals surface area contributed by atoms with E-state index >= 15 is 0 Å². The monoisotopic (exact) mass is 523 g/mol. The Morgan fingerprint density at radius 2 is 1.59 bits per heavy atom. The van der Waals surface area contributed by atoms with Gasteiger partial charge in [-0.05, 0) is 73.5 Å². The molecule has 1 saturated heterocycles. The fraction of sp³-hybridized carbons (Fsp3) is 0.188. The summed E-state index contributed by atoms with van der Waals surface area (Å²) in [5.41, 5.74) is 2.13. The zero-order valence-electron chi connectivity index (χ0n) is 21.7. The average molecular weight is 524 g/mol. The number of benzene rings is 3. The highest BCUT2D eigenvalue weighted by atomic mass is 16.5. The smallest absolute Gasteiger partial charge is 0.296 e. The molecule has 7 nitrogen and oxygen atoms in total. The number of amides is 1. The molecule has 0 spiro atoms. The lowest BCUT2D eigenvalue weighted by Gasteiger charge is -2.24. The number of hydrogen-bond donors (Lipinski definition) is 1. The zero-order valence-corrected chi connectivity index (χ0v) is 21.7. The Morgan fingerprint density at radius 3 is 2.23 bits per heavy atom. The third-order valence-electron chi connectivity index (χ3n) is 6.39. The number of hydrogen-bond acceptors (Lipinski definition) is 6. The van der Waals surface area contributed by atoms with Crippen molar-refractivity contribution in [3.63, 3.8) is 0 Å². The number of nitrogens with zero attached hydrogens (tertiary/aromatic N) is 1. The topological polar surface area (TPSA) is 89.2 Å². The minimum Gasteiger partial charge on any atom is -0.507 e. The van der Waals surface area contributed by atoms with E-state index in [9.17, 15) is 14.7 Å². The Labute approximate surface area is 226 Å². The zero-order chi connectivity index (χ0) is 27.4. The minimum atomic E-state index is -0.815. The highest BCUT2D eigenvalue weighted by molar-refractivity contribution is 6.46. The van der Waals surface area contributed by atoms with Gasteiger partial charge in [-0.1, -0.05) is 42.5 Å².